The SMILES string of the molecule is C.C.CO[Si](COC(=O)C(C)Cn1ccnc1)(OC)OC. The minimum Gasteiger partial charge on any atom is -0.461 e. The highest BCUT2D eigenvalue weighted by Gasteiger charge is 2.40. The molecule has 1 aromatic heterocycles. The number of aromatic nitrogens is 2. The molecule has 21 heavy (non-hydrogen) atoms. The number of hydrogen-bond donors (Lipinski definition) is 0. The highest BCUT2D eigenvalue weighted by molar-refractivity contribution is 6.60. The molecule has 0 spiro atoms. The number of rotatable bonds is 8. The third-order valence-electron chi connectivity index (χ3n) is 2.77. The summed E-state index contributed by atoms with van der Waals surface area (Å²) in [7, 11) is 1.56. The molecule has 1 unspecified atom stereocenters. The maximum atomic E-state index is 11.9. The van der Waals surface area contributed by atoms with Gasteiger partial charge in [-0.1, -0.05) is 21.8 Å². The van der Waals surface area contributed by atoms with Crippen LogP contribution in [0.15, 0.2) is 18.7 Å². The van der Waals surface area contributed by atoms with Gasteiger partial charge in [-0.15, -0.1) is 0 Å². The molecular formula is C13H28N2O5Si. The Balaban J connectivity index is 0. The van der Waals surface area contributed by atoms with Crippen LogP contribution in [0, 0.1) is 5.92 Å². The second-order valence-electron chi connectivity index (χ2n) is 4.06. The second kappa shape index (κ2) is 10.5. The largest absolute Gasteiger partial charge is 0.539 e. The molecular weight excluding hydrogens is 292 g/mol. The maximum Gasteiger partial charge on any atom is 0.539 e. The topological polar surface area (TPSA) is 71.8 Å². The zero-order valence-corrected chi connectivity index (χ0v) is 12.7. The maximum absolute atomic E-state index is 11.9. The third kappa shape index (κ3) is 6.38. The van der Waals surface area contributed by atoms with E-state index in [9.17, 15) is 4.79 Å². The smallest absolute Gasteiger partial charge is 0.461 e. The van der Waals surface area contributed by atoms with Crippen LogP contribution in [-0.4, -0.2) is 51.9 Å². The van der Waals surface area contributed by atoms with E-state index >= 15 is 0 Å². The summed E-state index contributed by atoms with van der Waals surface area (Å²) >= 11 is 0. The number of imidazole rings is 1. The van der Waals surface area contributed by atoms with Crippen molar-refractivity contribution in [3.63, 3.8) is 0 Å². The van der Waals surface area contributed by atoms with E-state index in [1.54, 1.807) is 25.6 Å². The lowest BCUT2D eigenvalue weighted by Crippen LogP contribution is -2.49. The van der Waals surface area contributed by atoms with E-state index in [-0.39, 0.29) is 33.0 Å². The van der Waals surface area contributed by atoms with Crippen molar-refractivity contribution in [1.82, 2.24) is 9.55 Å². The van der Waals surface area contributed by atoms with Crippen LogP contribution in [0.25, 0.3) is 0 Å². The predicted molar refractivity (Wildman–Crippen MR) is 82.6 cm³/mol. The quantitative estimate of drug-likeness (QED) is 0.537. The molecule has 0 fully saturated rings. The van der Waals surface area contributed by atoms with Gasteiger partial charge < -0.3 is 22.6 Å². The van der Waals surface area contributed by atoms with Gasteiger partial charge in [-0.3, -0.25) is 4.79 Å². The number of esters is 1. The molecule has 7 nitrogen and oxygen atoms in total. The zero-order valence-electron chi connectivity index (χ0n) is 11.7. The van der Waals surface area contributed by atoms with Crippen LogP contribution in [-0.2, 0) is 29.4 Å². The van der Waals surface area contributed by atoms with Gasteiger partial charge in [-0.2, -0.15) is 0 Å². The van der Waals surface area contributed by atoms with Crippen molar-refractivity contribution < 1.29 is 22.8 Å². The molecule has 8 heteroatoms. The molecule has 0 N–H and O–H groups in total. The van der Waals surface area contributed by atoms with E-state index in [0.29, 0.717) is 6.54 Å². The number of hydrogen-bond acceptors (Lipinski definition) is 6. The van der Waals surface area contributed by atoms with E-state index in [2.05, 4.69) is 4.98 Å². The van der Waals surface area contributed by atoms with E-state index in [1.807, 2.05) is 4.57 Å². The molecule has 0 aromatic carbocycles. The van der Waals surface area contributed by atoms with Crippen molar-refractivity contribution in [3.05, 3.63) is 18.7 Å². The number of carbonyl (C=O) groups excluding carboxylic acids is 1. The molecule has 0 aliphatic heterocycles. The van der Waals surface area contributed by atoms with Crippen LogP contribution in [0.3, 0.4) is 0 Å². The Hall–Kier alpha value is -1.22. The molecule has 0 amide bonds. The lowest BCUT2D eigenvalue weighted by atomic mass is 10.2. The van der Waals surface area contributed by atoms with Crippen molar-refractivity contribution >= 4 is 14.8 Å². The van der Waals surface area contributed by atoms with E-state index < -0.39 is 8.80 Å². The van der Waals surface area contributed by atoms with Crippen LogP contribution in [0.4, 0.5) is 0 Å². The molecule has 0 bridgehead atoms. The molecule has 1 rings (SSSR count). The zero-order chi connectivity index (χ0) is 14.3. The van der Waals surface area contributed by atoms with Gasteiger partial charge in [-0.25, -0.2) is 4.98 Å². The minimum atomic E-state index is -2.87. The monoisotopic (exact) mass is 320 g/mol. The van der Waals surface area contributed by atoms with Crippen molar-refractivity contribution in [2.24, 2.45) is 5.92 Å². The van der Waals surface area contributed by atoms with Crippen LogP contribution < -0.4 is 0 Å². The Morgan fingerprint density at radius 3 is 2.24 bits per heavy atom. The summed E-state index contributed by atoms with van der Waals surface area (Å²) in [4.78, 5) is 15.8. The number of nitrogens with zero attached hydrogens (tertiary/aromatic N) is 2. The summed E-state index contributed by atoms with van der Waals surface area (Å²) < 4.78 is 22.5. The van der Waals surface area contributed by atoms with Gasteiger partial charge >= 0.3 is 14.8 Å². The normalized spacial score (nSPS) is 12.0. The highest BCUT2D eigenvalue weighted by Crippen LogP contribution is 2.09. The fourth-order valence-corrected chi connectivity index (χ4v) is 2.69. The van der Waals surface area contributed by atoms with Gasteiger partial charge in [0.2, 0.25) is 0 Å². The van der Waals surface area contributed by atoms with E-state index in [0.717, 1.165) is 0 Å². The van der Waals surface area contributed by atoms with Crippen molar-refractivity contribution in [2.45, 2.75) is 28.3 Å². The van der Waals surface area contributed by atoms with Gasteiger partial charge in [0.1, 0.15) is 0 Å². The Morgan fingerprint density at radius 2 is 1.81 bits per heavy atom. The first kappa shape index (κ1) is 22.1. The summed E-state index contributed by atoms with van der Waals surface area (Å²) in [5, 5.41) is 0. The average Bonchev–Trinajstić information content (AvgIpc) is 2.93. The number of ether oxygens (including phenoxy) is 1. The Labute approximate surface area is 128 Å². The first-order valence-electron chi connectivity index (χ1n) is 5.84. The summed E-state index contributed by atoms with van der Waals surface area (Å²) in [6.45, 7) is 2.30. The molecule has 0 aliphatic rings. The molecule has 0 saturated carbocycles. The molecule has 0 radical (unpaired) electrons. The summed E-state index contributed by atoms with van der Waals surface area (Å²) in [6.07, 6.45) is 5.12. The third-order valence-corrected chi connectivity index (χ3v) is 5.13. The molecule has 1 heterocycles. The fourth-order valence-electron chi connectivity index (χ4n) is 1.51. The predicted octanol–water partition coefficient (Wildman–Crippen LogP) is 1.75. The van der Waals surface area contributed by atoms with Crippen molar-refractivity contribution in [2.75, 3.05) is 27.6 Å². The lowest BCUT2D eigenvalue weighted by Gasteiger charge is -2.24. The standard InChI is InChI=1S/C11H20N2O5Si.2CH4/c1-10(7-13-6-5-12-8-13)11(14)18-9-19(15-2,16-3)17-4;;/h5-6,8,10H,7,9H2,1-4H3;2*1H4. The average molecular weight is 320 g/mol. The Kier molecular flexibility index (Phi) is 11.0. The highest BCUT2D eigenvalue weighted by atomic mass is 28.4. The summed E-state index contributed by atoms with van der Waals surface area (Å²) in [6, 6.07) is 0. The molecule has 1 aromatic rings. The first-order valence-corrected chi connectivity index (χ1v) is 7.78. The van der Waals surface area contributed by atoms with Crippen LogP contribution in [0.5, 0.6) is 0 Å². The Morgan fingerprint density at radius 1 is 1.24 bits per heavy atom. The minimum absolute atomic E-state index is 0. The first-order chi connectivity index (χ1) is 9.06. The molecule has 0 saturated heterocycles. The molecule has 0 aliphatic carbocycles. The lowest BCUT2D eigenvalue weighted by molar-refractivity contribution is -0.148. The summed E-state index contributed by atoms with van der Waals surface area (Å²) in [5.41, 5.74) is 0. The fraction of sp³-hybridized carbons (Fsp3) is 0.692. The van der Waals surface area contributed by atoms with Gasteiger partial charge in [0, 0.05) is 40.3 Å². The van der Waals surface area contributed by atoms with Crippen LogP contribution >= 0.6 is 0 Å². The Bertz CT molecular complexity index is 374. The van der Waals surface area contributed by atoms with Gasteiger partial charge in [0.25, 0.3) is 0 Å². The second-order valence-corrected chi connectivity index (χ2v) is 6.94. The van der Waals surface area contributed by atoms with E-state index in [1.165, 1.54) is 21.3 Å². The van der Waals surface area contributed by atoms with Gasteiger partial charge in [-0.05, 0) is 0 Å². The van der Waals surface area contributed by atoms with Gasteiger partial charge in [0.05, 0.1) is 12.2 Å². The number of carbonyl (C=O) groups is 1. The van der Waals surface area contributed by atoms with E-state index in [4.69, 9.17) is 18.0 Å². The van der Waals surface area contributed by atoms with Crippen molar-refractivity contribution in [3.8, 4) is 0 Å². The van der Waals surface area contributed by atoms with Crippen LogP contribution in [0.2, 0.25) is 0 Å². The molecule has 1 atom stereocenters. The van der Waals surface area contributed by atoms with Crippen molar-refractivity contribution in [1.29, 1.82) is 0 Å². The molecule has 124 valence electrons. The van der Waals surface area contributed by atoms with Gasteiger partial charge in [0.15, 0.2) is 6.23 Å². The van der Waals surface area contributed by atoms with Crippen LogP contribution in [0.1, 0.15) is 21.8 Å². The summed E-state index contributed by atoms with van der Waals surface area (Å²) in [5.74, 6) is -0.608.